The van der Waals surface area contributed by atoms with E-state index in [2.05, 4.69) is 75.9 Å². The molecule has 0 amide bonds. The van der Waals surface area contributed by atoms with Crippen LogP contribution in [0.2, 0.25) is 5.15 Å². The van der Waals surface area contributed by atoms with Crippen molar-refractivity contribution in [3.05, 3.63) is 153 Å². The van der Waals surface area contributed by atoms with E-state index < -0.39 is 23.4 Å². The molecule has 0 unspecified atom stereocenters. The Morgan fingerprint density at radius 2 is 1.02 bits per heavy atom. The summed E-state index contributed by atoms with van der Waals surface area (Å²) in [6.45, 7) is 20.1. The number of aromatic nitrogens is 3. The highest BCUT2D eigenvalue weighted by Crippen LogP contribution is 2.19. The van der Waals surface area contributed by atoms with Crippen LogP contribution < -0.4 is 0 Å². The zero-order chi connectivity index (χ0) is 38.8. The van der Waals surface area contributed by atoms with E-state index in [-0.39, 0.29) is 17.7 Å². The first-order chi connectivity index (χ1) is 23.8. The predicted molar refractivity (Wildman–Crippen MR) is 202 cm³/mol. The molecule has 3 aromatic carbocycles. The number of hydrogen-bond donors (Lipinski definition) is 0. The fraction of sp³-hybridized carbons (Fsp3) is 0.381. The van der Waals surface area contributed by atoms with Gasteiger partial charge in [-0.1, -0.05) is 123 Å². The Labute approximate surface area is 306 Å². The predicted octanol–water partition coefficient (Wildman–Crippen LogP) is 13.5. The van der Waals surface area contributed by atoms with Gasteiger partial charge in [0.15, 0.2) is 0 Å². The monoisotopic (exact) mass is 729 g/mol. The summed E-state index contributed by atoms with van der Waals surface area (Å²) < 4.78 is 64.5. The number of halogens is 6. The largest absolute Gasteiger partial charge is 0.257 e. The molecule has 0 saturated carbocycles. The van der Waals surface area contributed by atoms with Crippen LogP contribution in [0.4, 0.5) is 22.0 Å². The van der Waals surface area contributed by atoms with E-state index in [1.54, 1.807) is 30.7 Å². The lowest BCUT2D eigenvalue weighted by atomic mass is 10.0. The minimum atomic E-state index is -0.582. The summed E-state index contributed by atoms with van der Waals surface area (Å²) in [4.78, 5) is 3.26. The first-order valence-corrected chi connectivity index (χ1v) is 17.5. The molecule has 0 aliphatic carbocycles. The van der Waals surface area contributed by atoms with Gasteiger partial charge in [-0.3, -0.25) is 4.68 Å². The van der Waals surface area contributed by atoms with Gasteiger partial charge in [0.25, 0.3) is 0 Å². The first-order valence-electron chi connectivity index (χ1n) is 17.1. The number of aryl methyl sites for hydroxylation is 1. The Morgan fingerprint density at radius 3 is 1.37 bits per heavy atom. The van der Waals surface area contributed by atoms with Crippen molar-refractivity contribution >= 4 is 11.6 Å². The molecular formula is C42H53ClF5N3. The van der Waals surface area contributed by atoms with Crippen LogP contribution in [0.1, 0.15) is 127 Å². The third-order valence-corrected chi connectivity index (χ3v) is 7.77. The van der Waals surface area contributed by atoms with Gasteiger partial charge in [0, 0.05) is 18.7 Å². The lowest BCUT2D eigenvalue weighted by molar-refractivity contribution is 0.535. The van der Waals surface area contributed by atoms with E-state index in [0.717, 1.165) is 23.5 Å². The van der Waals surface area contributed by atoms with Crippen LogP contribution in [-0.2, 0) is 7.05 Å². The van der Waals surface area contributed by atoms with Crippen LogP contribution in [-0.4, -0.2) is 14.8 Å². The van der Waals surface area contributed by atoms with Crippen molar-refractivity contribution in [1.82, 2.24) is 14.8 Å². The highest BCUT2D eigenvalue weighted by atomic mass is 35.5. The molecule has 5 rings (SSSR count). The second-order valence-electron chi connectivity index (χ2n) is 13.5. The second kappa shape index (κ2) is 22.7. The minimum absolute atomic E-state index is 0.0294. The van der Waals surface area contributed by atoms with Gasteiger partial charge >= 0.3 is 0 Å². The molecule has 3 nitrogen and oxygen atoms in total. The van der Waals surface area contributed by atoms with Crippen molar-refractivity contribution in [3.63, 3.8) is 0 Å². The Kier molecular flexibility index (Phi) is 20.0. The Bertz CT molecular complexity index is 1680. The molecule has 0 spiro atoms. The molecule has 0 aliphatic rings. The van der Waals surface area contributed by atoms with Gasteiger partial charge in [0.05, 0.1) is 11.9 Å². The van der Waals surface area contributed by atoms with Crippen LogP contribution >= 0.6 is 11.6 Å². The number of rotatable bonds is 5. The zero-order valence-corrected chi connectivity index (χ0v) is 32.4. The molecule has 9 heteroatoms. The van der Waals surface area contributed by atoms with Gasteiger partial charge in [0.1, 0.15) is 28.4 Å². The fourth-order valence-corrected chi connectivity index (χ4v) is 4.35. The maximum Gasteiger partial charge on any atom is 0.216 e. The molecular weight excluding hydrogens is 677 g/mol. The van der Waals surface area contributed by atoms with Crippen molar-refractivity contribution < 1.29 is 22.0 Å². The Morgan fingerprint density at radius 1 is 0.510 bits per heavy atom. The summed E-state index contributed by atoms with van der Waals surface area (Å²) in [7, 11) is 1.84. The topological polar surface area (TPSA) is 30.7 Å². The van der Waals surface area contributed by atoms with E-state index in [9.17, 15) is 22.0 Å². The van der Waals surface area contributed by atoms with E-state index >= 15 is 0 Å². The van der Waals surface area contributed by atoms with Crippen molar-refractivity contribution in [2.24, 2.45) is 7.05 Å². The molecule has 0 radical (unpaired) electrons. The standard InChI is InChI=1S/C9H10F2.C9H11F.C9H12.C8H9F2N.C7H11ClN2/c1-6(2)7-3-8(10)5-9(11)4-7;1-7(2)8-4-3-5-9(10)6-8;1-8(2)9-6-4-3-5-7-9;1-5(2)7-3-6(9)4-11-8(7)10;1-5(2)6-4-7(8)10(3)9-6/h3-6H,1-2H3;3-7H,1-2H3;3-8H,1-2H3;3-5H,1-2H3;4-5H,1-3H3. The van der Waals surface area contributed by atoms with E-state index in [4.69, 9.17) is 11.6 Å². The SMILES string of the molecule is CC(C)c1cc(Cl)n(C)n1.CC(C)c1cc(F)cc(F)c1.CC(C)c1cc(F)cnc1F.CC(C)c1cccc(F)c1.CC(C)c1ccccc1. The van der Waals surface area contributed by atoms with Crippen LogP contribution in [0.15, 0.2) is 91.1 Å². The zero-order valence-electron chi connectivity index (χ0n) is 31.7. The average molecular weight is 730 g/mol. The van der Waals surface area contributed by atoms with Crippen LogP contribution in [0.5, 0.6) is 0 Å². The third-order valence-electron chi connectivity index (χ3n) is 7.42. The molecule has 2 heterocycles. The Hall–Kier alpha value is -4.04. The number of pyridine rings is 1. The smallest absolute Gasteiger partial charge is 0.216 e. The van der Waals surface area contributed by atoms with E-state index in [1.807, 2.05) is 39.1 Å². The molecule has 5 aromatic rings. The van der Waals surface area contributed by atoms with Gasteiger partial charge in [-0.15, -0.1) is 0 Å². The lowest BCUT2D eigenvalue weighted by Gasteiger charge is -2.04. The van der Waals surface area contributed by atoms with Crippen molar-refractivity contribution in [2.45, 2.75) is 98.8 Å². The number of benzene rings is 3. The lowest BCUT2D eigenvalue weighted by Crippen LogP contribution is -1.96. The highest BCUT2D eigenvalue weighted by Gasteiger charge is 2.08. The van der Waals surface area contributed by atoms with E-state index in [1.165, 1.54) is 29.8 Å². The molecule has 278 valence electrons. The maximum atomic E-state index is 12.7. The maximum absolute atomic E-state index is 12.7. The summed E-state index contributed by atoms with van der Waals surface area (Å²) >= 11 is 5.77. The second-order valence-corrected chi connectivity index (χ2v) is 13.9. The molecule has 0 fully saturated rings. The minimum Gasteiger partial charge on any atom is -0.257 e. The van der Waals surface area contributed by atoms with Gasteiger partial charge in [-0.25, -0.2) is 22.5 Å². The Balaban J connectivity index is 0.000000319. The van der Waals surface area contributed by atoms with Crippen LogP contribution in [0.25, 0.3) is 0 Å². The fourth-order valence-electron chi connectivity index (χ4n) is 4.20. The quantitative estimate of drug-likeness (QED) is 0.133. The number of nitrogens with zero attached hydrogens (tertiary/aromatic N) is 3. The van der Waals surface area contributed by atoms with Gasteiger partial charge in [0.2, 0.25) is 5.95 Å². The molecule has 0 aliphatic heterocycles. The van der Waals surface area contributed by atoms with Crippen molar-refractivity contribution in [3.8, 4) is 0 Å². The normalized spacial score (nSPS) is 10.5. The summed E-state index contributed by atoms with van der Waals surface area (Å²) in [5.74, 6) is -0.566. The summed E-state index contributed by atoms with van der Waals surface area (Å²) in [5.41, 5.74) is 4.54. The van der Waals surface area contributed by atoms with Gasteiger partial charge in [-0.05, 0) is 82.7 Å². The van der Waals surface area contributed by atoms with Crippen LogP contribution in [0.3, 0.4) is 0 Å². The molecule has 0 N–H and O–H groups in total. The summed E-state index contributed by atoms with van der Waals surface area (Å²) in [5, 5.41) is 4.89. The van der Waals surface area contributed by atoms with Gasteiger partial charge < -0.3 is 0 Å². The third kappa shape index (κ3) is 17.6. The van der Waals surface area contributed by atoms with Gasteiger partial charge in [-0.2, -0.15) is 9.49 Å². The van der Waals surface area contributed by atoms with Crippen molar-refractivity contribution in [1.29, 1.82) is 0 Å². The molecule has 2 aromatic heterocycles. The highest BCUT2D eigenvalue weighted by molar-refractivity contribution is 6.29. The molecule has 51 heavy (non-hydrogen) atoms. The summed E-state index contributed by atoms with van der Waals surface area (Å²) in [6, 6.07) is 23.9. The molecule has 0 atom stereocenters. The summed E-state index contributed by atoms with van der Waals surface area (Å²) in [6.07, 6.45) is 0.876. The molecule has 0 saturated heterocycles. The average Bonchev–Trinajstić information content (AvgIpc) is 3.41. The first kappa shape index (κ1) is 45.0. The van der Waals surface area contributed by atoms with Crippen molar-refractivity contribution in [2.75, 3.05) is 0 Å². The van der Waals surface area contributed by atoms with Crippen LogP contribution in [0, 0.1) is 29.2 Å². The molecule has 0 bridgehead atoms. The van der Waals surface area contributed by atoms with E-state index in [0.29, 0.717) is 34.0 Å². The number of hydrogen-bond acceptors (Lipinski definition) is 2.